The molecule has 2 aromatic carbocycles. The topological polar surface area (TPSA) is 49.8 Å². The third-order valence-corrected chi connectivity index (χ3v) is 5.98. The Hall–Kier alpha value is -3.15. The molecule has 0 saturated carbocycles. The average Bonchev–Trinajstić information content (AvgIpc) is 3.13. The van der Waals surface area contributed by atoms with Crippen LogP contribution in [0.15, 0.2) is 72.9 Å². The number of likely N-dealkylation sites (N-methyl/N-ethyl adjacent to an activating group) is 1. The fourth-order valence-corrected chi connectivity index (χ4v) is 4.16. The molecule has 152 valence electrons. The normalized spacial score (nSPS) is 15.6. The van der Waals surface area contributed by atoms with E-state index in [0.29, 0.717) is 0 Å². The molecule has 0 unspecified atom stereocenters. The summed E-state index contributed by atoms with van der Waals surface area (Å²) >= 11 is 0. The zero-order valence-corrected chi connectivity index (χ0v) is 17.3. The van der Waals surface area contributed by atoms with Crippen LogP contribution in [0.4, 0.5) is 5.69 Å². The fraction of sp³-hybridized carbons (Fsp3) is 0.240. The summed E-state index contributed by atoms with van der Waals surface area (Å²) in [5.74, 6) is 0. The molecule has 0 amide bonds. The van der Waals surface area contributed by atoms with Crippen LogP contribution >= 0.6 is 0 Å². The second kappa shape index (κ2) is 7.94. The molecule has 0 aliphatic carbocycles. The van der Waals surface area contributed by atoms with Gasteiger partial charge in [-0.2, -0.15) is 0 Å². The van der Waals surface area contributed by atoms with Gasteiger partial charge in [0.15, 0.2) is 0 Å². The van der Waals surface area contributed by atoms with Crippen molar-refractivity contribution in [2.45, 2.75) is 6.54 Å². The molecule has 0 radical (unpaired) electrons. The van der Waals surface area contributed by atoms with Crippen molar-refractivity contribution >= 4 is 11.3 Å². The Morgan fingerprint density at radius 2 is 1.47 bits per heavy atom. The first-order valence-electron chi connectivity index (χ1n) is 10.5. The summed E-state index contributed by atoms with van der Waals surface area (Å²) in [6.45, 7) is 5.20. The average molecular weight is 398 g/mol. The summed E-state index contributed by atoms with van der Waals surface area (Å²) in [5.41, 5.74) is 13.6. The molecule has 0 atom stereocenters. The molecule has 1 fully saturated rings. The summed E-state index contributed by atoms with van der Waals surface area (Å²) in [7, 11) is 2.19. The van der Waals surface area contributed by atoms with Gasteiger partial charge in [0.25, 0.3) is 0 Å². The van der Waals surface area contributed by atoms with Crippen molar-refractivity contribution in [3.8, 4) is 22.4 Å². The molecule has 1 aliphatic heterocycles. The summed E-state index contributed by atoms with van der Waals surface area (Å²) in [5, 5.41) is 0. The number of fused-ring (bicyclic) bond motifs is 1. The van der Waals surface area contributed by atoms with Crippen LogP contribution in [-0.2, 0) is 6.54 Å². The minimum Gasteiger partial charge on any atom is -0.398 e. The number of piperazine rings is 1. The van der Waals surface area contributed by atoms with Crippen LogP contribution in [0.5, 0.6) is 0 Å². The van der Waals surface area contributed by atoms with E-state index in [1.54, 1.807) is 0 Å². The van der Waals surface area contributed by atoms with E-state index in [9.17, 15) is 0 Å². The maximum Gasteiger partial charge on any atom is 0.137 e. The molecule has 4 aromatic rings. The Morgan fingerprint density at radius 3 is 2.20 bits per heavy atom. The summed E-state index contributed by atoms with van der Waals surface area (Å²) in [4.78, 5) is 9.87. The largest absolute Gasteiger partial charge is 0.398 e. The van der Waals surface area contributed by atoms with E-state index in [-0.39, 0.29) is 0 Å². The number of imidazole rings is 1. The minimum absolute atomic E-state index is 0.755. The third-order valence-electron chi connectivity index (χ3n) is 5.98. The monoisotopic (exact) mass is 397 g/mol. The van der Waals surface area contributed by atoms with Crippen LogP contribution in [0.25, 0.3) is 28.0 Å². The van der Waals surface area contributed by atoms with E-state index in [1.165, 1.54) is 16.8 Å². The first-order chi connectivity index (χ1) is 14.7. The van der Waals surface area contributed by atoms with Crippen LogP contribution in [0.1, 0.15) is 5.69 Å². The fourth-order valence-electron chi connectivity index (χ4n) is 4.16. The Labute approximate surface area is 177 Å². The van der Waals surface area contributed by atoms with Crippen molar-refractivity contribution in [1.82, 2.24) is 19.2 Å². The number of nitrogens with two attached hydrogens (primary N) is 1. The van der Waals surface area contributed by atoms with Gasteiger partial charge in [-0.05, 0) is 30.3 Å². The van der Waals surface area contributed by atoms with E-state index in [1.807, 2.05) is 24.4 Å². The molecule has 1 aliphatic rings. The molecule has 0 spiro atoms. The number of hydrogen-bond donors (Lipinski definition) is 1. The predicted molar refractivity (Wildman–Crippen MR) is 123 cm³/mol. The van der Waals surface area contributed by atoms with Gasteiger partial charge < -0.3 is 15.0 Å². The van der Waals surface area contributed by atoms with E-state index in [2.05, 4.69) is 69.8 Å². The molecule has 1 saturated heterocycles. The van der Waals surface area contributed by atoms with Gasteiger partial charge >= 0.3 is 0 Å². The molecule has 2 N–H and O–H groups in total. The number of anilines is 1. The number of pyridine rings is 1. The second-order valence-corrected chi connectivity index (χ2v) is 8.12. The Morgan fingerprint density at radius 1 is 0.800 bits per heavy atom. The van der Waals surface area contributed by atoms with Gasteiger partial charge in [-0.1, -0.05) is 54.6 Å². The molecular formula is C25H27N5. The molecular weight excluding hydrogens is 370 g/mol. The number of rotatable bonds is 4. The highest BCUT2D eigenvalue weighted by Gasteiger charge is 2.20. The Bertz CT molecular complexity index is 1140. The van der Waals surface area contributed by atoms with Crippen LogP contribution in [-0.4, -0.2) is 52.4 Å². The maximum absolute atomic E-state index is 6.11. The van der Waals surface area contributed by atoms with Crippen molar-refractivity contribution in [2.75, 3.05) is 39.0 Å². The van der Waals surface area contributed by atoms with Crippen LogP contribution in [0.2, 0.25) is 0 Å². The first-order valence-corrected chi connectivity index (χ1v) is 10.5. The van der Waals surface area contributed by atoms with Gasteiger partial charge in [0.2, 0.25) is 0 Å². The van der Waals surface area contributed by atoms with Gasteiger partial charge in [0.05, 0.1) is 11.4 Å². The number of nitrogen functional groups attached to an aromatic ring is 1. The second-order valence-electron chi connectivity index (χ2n) is 8.12. The number of aromatic nitrogens is 2. The Kier molecular flexibility index (Phi) is 4.99. The summed E-state index contributed by atoms with van der Waals surface area (Å²) in [6, 6.07) is 23.1. The summed E-state index contributed by atoms with van der Waals surface area (Å²) in [6.07, 6.45) is 2.00. The van der Waals surface area contributed by atoms with Crippen LogP contribution < -0.4 is 5.73 Å². The SMILES string of the molecule is CN1CCN(Cc2c(-c3ccc(-c4ccccc4)cc3)nc3ccc(N)cn23)CC1. The lowest BCUT2D eigenvalue weighted by atomic mass is 10.0. The van der Waals surface area contributed by atoms with Crippen LogP contribution in [0, 0.1) is 0 Å². The highest BCUT2D eigenvalue weighted by Crippen LogP contribution is 2.29. The Balaban J connectivity index is 1.53. The lowest BCUT2D eigenvalue weighted by Crippen LogP contribution is -2.44. The molecule has 5 nitrogen and oxygen atoms in total. The van der Waals surface area contributed by atoms with E-state index in [4.69, 9.17) is 10.7 Å². The van der Waals surface area contributed by atoms with Crippen molar-refractivity contribution in [1.29, 1.82) is 0 Å². The molecule has 3 heterocycles. The van der Waals surface area contributed by atoms with Gasteiger partial charge in [0, 0.05) is 50.2 Å². The van der Waals surface area contributed by atoms with E-state index >= 15 is 0 Å². The number of nitrogens with zero attached hydrogens (tertiary/aromatic N) is 4. The maximum atomic E-state index is 6.11. The molecule has 5 rings (SSSR count). The van der Waals surface area contributed by atoms with Gasteiger partial charge in [-0.15, -0.1) is 0 Å². The number of benzene rings is 2. The highest BCUT2D eigenvalue weighted by molar-refractivity contribution is 5.72. The van der Waals surface area contributed by atoms with Crippen LogP contribution in [0.3, 0.4) is 0 Å². The van der Waals surface area contributed by atoms with Crippen molar-refractivity contribution in [2.24, 2.45) is 0 Å². The zero-order chi connectivity index (χ0) is 20.5. The summed E-state index contributed by atoms with van der Waals surface area (Å²) < 4.78 is 2.16. The predicted octanol–water partition coefficient (Wildman–Crippen LogP) is 4.00. The van der Waals surface area contributed by atoms with E-state index in [0.717, 1.165) is 55.3 Å². The minimum atomic E-state index is 0.755. The van der Waals surface area contributed by atoms with Crippen molar-refractivity contribution in [3.63, 3.8) is 0 Å². The lowest BCUT2D eigenvalue weighted by Gasteiger charge is -2.32. The quantitative estimate of drug-likeness (QED) is 0.566. The molecule has 30 heavy (non-hydrogen) atoms. The highest BCUT2D eigenvalue weighted by atomic mass is 15.3. The zero-order valence-electron chi connectivity index (χ0n) is 17.3. The van der Waals surface area contributed by atoms with Crippen molar-refractivity contribution < 1.29 is 0 Å². The smallest absolute Gasteiger partial charge is 0.137 e. The van der Waals surface area contributed by atoms with Crippen molar-refractivity contribution in [3.05, 3.63) is 78.6 Å². The van der Waals surface area contributed by atoms with Gasteiger partial charge in [-0.3, -0.25) is 4.90 Å². The first kappa shape index (κ1) is 18.9. The molecule has 5 heteroatoms. The van der Waals surface area contributed by atoms with Gasteiger partial charge in [-0.25, -0.2) is 4.98 Å². The molecule has 0 bridgehead atoms. The van der Waals surface area contributed by atoms with E-state index < -0.39 is 0 Å². The standard InChI is InChI=1S/C25H27N5/c1-28-13-15-29(16-14-28)18-23-25(27-24-12-11-22(26)17-30(23)24)21-9-7-20(8-10-21)19-5-3-2-4-6-19/h2-12,17H,13-16,18,26H2,1H3. The molecule has 2 aromatic heterocycles. The lowest BCUT2D eigenvalue weighted by molar-refractivity contribution is 0.147. The third kappa shape index (κ3) is 3.70. The van der Waals surface area contributed by atoms with Gasteiger partial charge in [0.1, 0.15) is 5.65 Å². The number of hydrogen-bond acceptors (Lipinski definition) is 4.